The quantitative estimate of drug-likeness (QED) is 0.621. The zero-order valence-electron chi connectivity index (χ0n) is 9.69. The molecule has 1 aliphatic heterocycles. The minimum absolute atomic E-state index is 0.221. The highest BCUT2D eigenvalue weighted by Crippen LogP contribution is 2.18. The number of piperidine rings is 1. The van der Waals surface area contributed by atoms with Crippen molar-refractivity contribution in [3.05, 3.63) is 34.9 Å². The largest absolute Gasteiger partial charge is 0.292 e. The molecule has 94 valence electrons. The lowest BCUT2D eigenvalue weighted by Crippen LogP contribution is -2.43. The summed E-state index contributed by atoms with van der Waals surface area (Å²) in [4.78, 5) is 36.2. The topological polar surface area (TPSA) is 54.5 Å². The van der Waals surface area contributed by atoms with Crippen LogP contribution in [0, 0.1) is 0 Å². The summed E-state index contributed by atoms with van der Waals surface area (Å²) < 4.78 is 0. The van der Waals surface area contributed by atoms with E-state index in [1.54, 1.807) is 24.3 Å². The van der Waals surface area contributed by atoms with Crippen molar-refractivity contribution >= 4 is 29.2 Å². The Bertz CT molecular complexity index is 497. The fourth-order valence-electron chi connectivity index (χ4n) is 1.89. The molecule has 0 N–H and O–H groups in total. The molecule has 0 spiro atoms. The van der Waals surface area contributed by atoms with Crippen molar-refractivity contribution < 1.29 is 14.4 Å². The fraction of sp³-hybridized carbons (Fsp3) is 0.308. The summed E-state index contributed by atoms with van der Waals surface area (Å²) in [5, 5.41) is 0.333. The summed E-state index contributed by atoms with van der Waals surface area (Å²) in [6, 6.07) is 6.60. The van der Waals surface area contributed by atoms with E-state index in [9.17, 15) is 14.4 Å². The third-order valence-electron chi connectivity index (χ3n) is 2.86. The SMILES string of the molecule is O=C(CN1C(=O)CCCC1=O)c1ccccc1Cl. The summed E-state index contributed by atoms with van der Waals surface area (Å²) >= 11 is 5.90. The van der Waals surface area contributed by atoms with Gasteiger partial charge in [-0.1, -0.05) is 23.7 Å². The van der Waals surface area contributed by atoms with Gasteiger partial charge in [0.15, 0.2) is 5.78 Å². The van der Waals surface area contributed by atoms with Crippen molar-refractivity contribution in [2.75, 3.05) is 6.54 Å². The molecule has 0 unspecified atom stereocenters. The van der Waals surface area contributed by atoms with Crippen molar-refractivity contribution in [1.29, 1.82) is 0 Å². The molecule has 18 heavy (non-hydrogen) atoms. The second-order valence-electron chi connectivity index (χ2n) is 4.13. The van der Waals surface area contributed by atoms with Gasteiger partial charge >= 0.3 is 0 Å². The fourth-order valence-corrected chi connectivity index (χ4v) is 2.13. The Labute approximate surface area is 110 Å². The lowest BCUT2D eigenvalue weighted by Gasteiger charge is -2.24. The van der Waals surface area contributed by atoms with Gasteiger partial charge in [0, 0.05) is 18.4 Å². The van der Waals surface area contributed by atoms with Gasteiger partial charge in [0.2, 0.25) is 11.8 Å². The number of Topliss-reactive ketones (excluding diaryl/α,β-unsaturated/α-hetero) is 1. The maximum absolute atomic E-state index is 12.0. The molecule has 2 amide bonds. The van der Waals surface area contributed by atoms with E-state index in [1.807, 2.05) is 0 Å². The lowest BCUT2D eigenvalue weighted by atomic mass is 10.1. The number of nitrogens with zero attached hydrogens (tertiary/aromatic N) is 1. The summed E-state index contributed by atoms with van der Waals surface area (Å²) in [6.45, 7) is -0.221. The van der Waals surface area contributed by atoms with Crippen LogP contribution in [0.5, 0.6) is 0 Å². The molecule has 0 radical (unpaired) electrons. The van der Waals surface area contributed by atoms with Crippen LogP contribution in [0.15, 0.2) is 24.3 Å². The highest BCUT2D eigenvalue weighted by Gasteiger charge is 2.28. The molecule has 1 aromatic rings. The van der Waals surface area contributed by atoms with Gasteiger partial charge in [-0.05, 0) is 18.6 Å². The molecule has 2 rings (SSSR count). The first kappa shape index (κ1) is 12.8. The molecule has 0 aromatic heterocycles. The zero-order chi connectivity index (χ0) is 13.1. The van der Waals surface area contributed by atoms with Gasteiger partial charge in [-0.2, -0.15) is 0 Å². The van der Waals surface area contributed by atoms with E-state index < -0.39 is 0 Å². The number of benzene rings is 1. The van der Waals surface area contributed by atoms with E-state index in [2.05, 4.69) is 0 Å². The molecule has 5 heteroatoms. The van der Waals surface area contributed by atoms with Crippen LogP contribution >= 0.6 is 11.6 Å². The molecular weight excluding hydrogens is 254 g/mol. The molecule has 4 nitrogen and oxygen atoms in total. The number of rotatable bonds is 3. The van der Waals surface area contributed by atoms with Crippen molar-refractivity contribution in [2.24, 2.45) is 0 Å². The molecule has 1 fully saturated rings. The van der Waals surface area contributed by atoms with Crippen molar-refractivity contribution in [1.82, 2.24) is 4.90 Å². The van der Waals surface area contributed by atoms with E-state index in [1.165, 1.54) is 0 Å². The number of ketones is 1. The summed E-state index contributed by atoms with van der Waals surface area (Å²) in [6.07, 6.45) is 1.21. The molecule has 1 aliphatic rings. The smallest absolute Gasteiger partial charge is 0.229 e. The predicted molar refractivity (Wildman–Crippen MR) is 66.4 cm³/mol. The highest BCUT2D eigenvalue weighted by molar-refractivity contribution is 6.34. The van der Waals surface area contributed by atoms with Crippen LogP contribution in [-0.2, 0) is 9.59 Å². The molecule has 0 saturated carbocycles. The average molecular weight is 266 g/mol. The minimum Gasteiger partial charge on any atom is -0.292 e. The number of amides is 2. The normalized spacial score (nSPS) is 15.9. The third-order valence-corrected chi connectivity index (χ3v) is 3.19. The molecule has 0 bridgehead atoms. The van der Waals surface area contributed by atoms with Gasteiger partial charge < -0.3 is 0 Å². The van der Waals surface area contributed by atoms with Gasteiger partial charge in [-0.15, -0.1) is 0 Å². The number of hydrogen-bond acceptors (Lipinski definition) is 3. The Kier molecular flexibility index (Phi) is 3.77. The Morgan fingerprint density at radius 2 is 1.78 bits per heavy atom. The number of halogens is 1. The van der Waals surface area contributed by atoms with Crippen LogP contribution in [0.3, 0.4) is 0 Å². The second kappa shape index (κ2) is 5.31. The number of hydrogen-bond donors (Lipinski definition) is 0. The minimum atomic E-state index is -0.316. The van der Waals surface area contributed by atoms with E-state index in [0.717, 1.165) is 4.90 Å². The van der Waals surface area contributed by atoms with Gasteiger partial charge in [-0.3, -0.25) is 19.3 Å². The van der Waals surface area contributed by atoms with E-state index in [-0.39, 0.29) is 24.1 Å². The third kappa shape index (κ3) is 2.59. The van der Waals surface area contributed by atoms with Crippen LogP contribution in [0.1, 0.15) is 29.6 Å². The monoisotopic (exact) mass is 265 g/mol. The molecule has 0 aliphatic carbocycles. The van der Waals surface area contributed by atoms with Gasteiger partial charge in [0.1, 0.15) is 0 Å². The van der Waals surface area contributed by atoms with Crippen LogP contribution in [0.2, 0.25) is 5.02 Å². The molecule has 0 atom stereocenters. The number of carbonyl (C=O) groups is 3. The standard InChI is InChI=1S/C13H12ClNO3/c14-10-5-2-1-4-9(10)11(16)8-15-12(17)6-3-7-13(15)18/h1-2,4-5H,3,6-8H2. The zero-order valence-corrected chi connectivity index (χ0v) is 10.4. The van der Waals surface area contributed by atoms with Crippen molar-refractivity contribution in [2.45, 2.75) is 19.3 Å². The van der Waals surface area contributed by atoms with Gasteiger partial charge in [0.25, 0.3) is 0 Å². The molecule has 1 heterocycles. The molecular formula is C13H12ClNO3. The first-order valence-electron chi connectivity index (χ1n) is 5.70. The Morgan fingerprint density at radius 3 is 2.39 bits per heavy atom. The van der Waals surface area contributed by atoms with Crippen LogP contribution in [-0.4, -0.2) is 29.0 Å². The summed E-state index contributed by atoms with van der Waals surface area (Å²) in [5.41, 5.74) is 0.338. The Hall–Kier alpha value is -1.68. The van der Waals surface area contributed by atoms with Crippen LogP contribution < -0.4 is 0 Å². The number of carbonyl (C=O) groups excluding carboxylic acids is 3. The van der Waals surface area contributed by atoms with Crippen molar-refractivity contribution in [3.63, 3.8) is 0 Å². The van der Waals surface area contributed by atoms with Crippen molar-refractivity contribution in [3.8, 4) is 0 Å². The molecule has 1 saturated heterocycles. The van der Waals surface area contributed by atoms with E-state index >= 15 is 0 Å². The summed E-state index contributed by atoms with van der Waals surface area (Å²) in [7, 11) is 0. The van der Waals surface area contributed by atoms with Gasteiger partial charge in [-0.25, -0.2) is 0 Å². The second-order valence-corrected chi connectivity index (χ2v) is 4.54. The Morgan fingerprint density at radius 1 is 1.17 bits per heavy atom. The maximum atomic E-state index is 12.0. The molecule has 1 aromatic carbocycles. The van der Waals surface area contributed by atoms with E-state index in [0.29, 0.717) is 29.8 Å². The first-order chi connectivity index (χ1) is 8.59. The number of likely N-dealkylation sites (tertiary alicyclic amines) is 1. The maximum Gasteiger partial charge on any atom is 0.229 e. The summed E-state index contributed by atoms with van der Waals surface area (Å²) in [5.74, 6) is -0.887. The van der Waals surface area contributed by atoms with Crippen LogP contribution in [0.25, 0.3) is 0 Å². The Balaban J connectivity index is 2.14. The predicted octanol–water partition coefficient (Wildman–Crippen LogP) is 2.06. The first-order valence-corrected chi connectivity index (χ1v) is 6.08. The average Bonchev–Trinajstić information content (AvgIpc) is 2.34. The highest BCUT2D eigenvalue weighted by atomic mass is 35.5. The lowest BCUT2D eigenvalue weighted by molar-refractivity contribution is -0.147. The number of imide groups is 1. The van der Waals surface area contributed by atoms with E-state index in [4.69, 9.17) is 11.6 Å². The van der Waals surface area contributed by atoms with Crippen LogP contribution in [0.4, 0.5) is 0 Å². The van der Waals surface area contributed by atoms with Gasteiger partial charge in [0.05, 0.1) is 11.6 Å².